The van der Waals surface area contributed by atoms with Gasteiger partial charge < -0.3 is 25.0 Å². The van der Waals surface area contributed by atoms with Crippen LogP contribution < -0.4 is 5.32 Å². The van der Waals surface area contributed by atoms with E-state index in [9.17, 15) is 14.7 Å². The zero-order valence-corrected chi connectivity index (χ0v) is 15.3. The first-order chi connectivity index (χ1) is 11.1. The first-order valence-corrected chi connectivity index (χ1v) is 8.50. The maximum absolute atomic E-state index is 12.5. The molecule has 0 saturated carbocycles. The topological polar surface area (TPSA) is 82.1 Å². The summed E-state index contributed by atoms with van der Waals surface area (Å²) in [5.74, 6) is -0.736. The molecule has 7 nitrogen and oxygen atoms in total. The molecule has 0 aromatic carbocycles. The van der Waals surface area contributed by atoms with Gasteiger partial charge in [0.15, 0.2) is 0 Å². The third-order valence-corrected chi connectivity index (χ3v) is 5.02. The zero-order valence-electron chi connectivity index (χ0n) is 14.5. The molecule has 140 valence electrons. The number of likely N-dealkylation sites (tertiary alicyclic amines) is 1. The predicted molar refractivity (Wildman–Crippen MR) is 93.6 cm³/mol. The van der Waals surface area contributed by atoms with E-state index in [-0.39, 0.29) is 18.3 Å². The van der Waals surface area contributed by atoms with Crippen LogP contribution in [0, 0.1) is 5.41 Å². The third kappa shape index (κ3) is 5.58. The number of piperazine rings is 1. The predicted octanol–water partition coefficient (Wildman–Crippen LogP) is 0.433. The maximum Gasteiger partial charge on any atom is 0.311 e. The highest BCUT2D eigenvalue weighted by atomic mass is 35.5. The summed E-state index contributed by atoms with van der Waals surface area (Å²) in [5, 5.41) is 12.9. The minimum absolute atomic E-state index is 0. The highest BCUT2D eigenvalue weighted by Gasteiger charge is 2.43. The second-order valence-corrected chi connectivity index (χ2v) is 6.59. The van der Waals surface area contributed by atoms with Crippen LogP contribution in [0.5, 0.6) is 0 Å². The number of carboxylic acids is 1. The molecule has 0 aromatic rings. The number of halogens is 1. The number of nitrogens with one attached hydrogen (secondary N) is 1. The minimum Gasteiger partial charge on any atom is -0.481 e. The lowest BCUT2D eigenvalue weighted by molar-refractivity contribution is -0.156. The molecule has 0 radical (unpaired) electrons. The Labute approximate surface area is 150 Å². The number of methoxy groups -OCH3 is 1. The molecule has 24 heavy (non-hydrogen) atoms. The molecular formula is C16H30ClN3O4. The van der Waals surface area contributed by atoms with Crippen LogP contribution in [0.15, 0.2) is 0 Å². The van der Waals surface area contributed by atoms with Crippen molar-refractivity contribution < 1.29 is 19.4 Å². The number of piperidine rings is 1. The van der Waals surface area contributed by atoms with Gasteiger partial charge >= 0.3 is 5.97 Å². The van der Waals surface area contributed by atoms with Crippen LogP contribution in [-0.2, 0) is 14.3 Å². The number of amides is 1. The van der Waals surface area contributed by atoms with Crippen LogP contribution in [0.2, 0.25) is 0 Å². The van der Waals surface area contributed by atoms with Crippen molar-refractivity contribution in [3.63, 3.8) is 0 Å². The fourth-order valence-corrected chi connectivity index (χ4v) is 3.47. The molecule has 0 bridgehead atoms. The second-order valence-electron chi connectivity index (χ2n) is 6.59. The number of hydrogen-bond donors (Lipinski definition) is 2. The Morgan fingerprint density at radius 1 is 1.25 bits per heavy atom. The van der Waals surface area contributed by atoms with Crippen molar-refractivity contribution in [3.8, 4) is 0 Å². The van der Waals surface area contributed by atoms with Gasteiger partial charge in [0.1, 0.15) is 0 Å². The van der Waals surface area contributed by atoms with Crippen LogP contribution in [0.4, 0.5) is 0 Å². The average Bonchev–Trinajstić information content (AvgIpc) is 2.59. The Morgan fingerprint density at radius 3 is 2.58 bits per heavy atom. The largest absolute Gasteiger partial charge is 0.481 e. The van der Waals surface area contributed by atoms with Crippen molar-refractivity contribution >= 4 is 24.3 Å². The van der Waals surface area contributed by atoms with E-state index in [1.165, 1.54) is 0 Å². The van der Waals surface area contributed by atoms with Gasteiger partial charge in [-0.1, -0.05) is 0 Å². The molecule has 2 aliphatic rings. The van der Waals surface area contributed by atoms with Crippen molar-refractivity contribution in [2.24, 2.45) is 5.41 Å². The van der Waals surface area contributed by atoms with Crippen molar-refractivity contribution in [2.75, 3.05) is 59.5 Å². The SMILES string of the molecule is COCCC1(C(=O)O)CCCN(C(=O)CCN2CCNCC2)C1.Cl. The van der Waals surface area contributed by atoms with Crippen LogP contribution in [-0.4, -0.2) is 86.3 Å². The summed E-state index contributed by atoms with van der Waals surface area (Å²) >= 11 is 0. The minimum atomic E-state index is -0.848. The number of ether oxygens (including phenoxy) is 1. The van der Waals surface area contributed by atoms with Crippen molar-refractivity contribution in [3.05, 3.63) is 0 Å². The molecule has 2 saturated heterocycles. The Bertz CT molecular complexity index is 418. The van der Waals surface area contributed by atoms with Gasteiger partial charge in [0.2, 0.25) is 5.91 Å². The van der Waals surface area contributed by atoms with E-state index in [0.29, 0.717) is 39.0 Å². The Kier molecular flexibility index (Phi) is 8.97. The smallest absolute Gasteiger partial charge is 0.311 e. The Morgan fingerprint density at radius 2 is 1.96 bits per heavy atom. The third-order valence-electron chi connectivity index (χ3n) is 5.02. The molecule has 8 heteroatoms. The van der Waals surface area contributed by atoms with Crippen molar-refractivity contribution in [2.45, 2.75) is 25.7 Å². The van der Waals surface area contributed by atoms with Crippen molar-refractivity contribution in [1.29, 1.82) is 0 Å². The van der Waals surface area contributed by atoms with E-state index in [1.807, 2.05) is 0 Å². The fourth-order valence-electron chi connectivity index (χ4n) is 3.47. The van der Waals surface area contributed by atoms with E-state index in [4.69, 9.17) is 4.74 Å². The van der Waals surface area contributed by atoms with Crippen LogP contribution >= 0.6 is 12.4 Å². The number of hydrogen-bond acceptors (Lipinski definition) is 5. The zero-order chi connectivity index (χ0) is 16.7. The molecule has 1 atom stereocenters. The quantitative estimate of drug-likeness (QED) is 0.682. The molecule has 1 unspecified atom stereocenters. The summed E-state index contributed by atoms with van der Waals surface area (Å²) in [6.45, 7) is 6.03. The van der Waals surface area contributed by atoms with Gasteiger partial charge in [0.25, 0.3) is 0 Å². The molecule has 0 aliphatic carbocycles. The molecular weight excluding hydrogens is 334 g/mol. The molecule has 0 aromatic heterocycles. The highest BCUT2D eigenvalue weighted by Crippen LogP contribution is 2.34. The molecule has 0 spiro atoms. The summed E-state index contributed by atoms with van der Waals surface area (Å²) < 4.78 is 5.06. The van der Waals surface area contributed by atoms with Crippen molar-refractivity contribution in [1.82, 2.24) is 15.1 Å². The molecule has 2 fully saturated rings. The van der Waals surface area contributed by atoms with E-state index < -0.39 is 11.4 Å². The Balaban J connectivity index is 0.00000288. The maximum atomic E-state index is 12.5. The highest BCUT2D eigenvalue weighted by molar-refractivity contribution is 5.85. The summed E-state index contributed by atoms with van der Waals surface area (Å²) in [5.41, 5.74) is -0.848. The lowest BCUT2D eigenvalue weighted by Gasteiger charge is -2.40. The van der Waals surface area contributed by atoms with Crippen LogP contribution in [0.3, 0.4) is 0 Å². The number of aliphatic carboxylic acids is 1. The van der Waals surface area contributed by atoms with Gasteiger partial charge in [-0.3, -0.25) is 9.59 Å². The average molecular weight is 364 g/mol. The second kappa shape index (κ2) is 10.2. The number of carboxylic acid groups (broad SMARTS) is 1. The van der Waals surface area contributed by atoms with E-state index in [1.54, 1.807) is 12.0 Å². The summed E-state index contributed by atoms with van der Waals surface area (Å²) in [7, 11) is 1.58. The van der Waals surface area contributed by atoms with Gasteiger partial charge in [-0.15, -0.1) is 12.4 Å². The van der Waals surface area contributed by atoms with Gasteiger partial charge in [0, 0.05) is 66.0 Å². The van der Waals surface area contributed by atoms with Crippen LogP contribution in [0.1, 0.15) is 25.7 Å². The summed E-state index contributed by atoms with van der Waals surface area (Å²) in [6, 6.07) is 0. The molecule has 2 heterocycles. The molecule has 2 rings (SSSR count). The monoisotopic (exact) mass is 363 g/mol. The molecule has 2 aliphatic heterocycles. The number of carbonyl (C=O) groups is 2. The standard InChI is InChI=1S/C16H29N3O4.ClH/c1-23-12-5-16(15(21)22)4-2-8-19(13-16)14(20)3-9-18-10-6-17-7-11-18;/h17H,2-13H2,1H3,(H,21,22);1H. The fraction of sp³-hybridized carbons (Fsp3) is 0.875. The first-order valence-electron chi connectivity index (χ1n) is 8.50. The van der Waals surface area contributed by atoms with E-state index >= 15 is 0 Å². The Hall–Kier alpha value is -0.890. The van der Waals surface area contributed by atoms with Gasteiger partial charge in [-0.25, -0.2) is 0 Å². The van der Waals surface area contributed by atoms with Gasteiger partial charge in [-0.05, 0) is 19.3 Å². The number of rotatable bonds is 7. The number of carbonyl (C=O) groups excluding carboxylic acids is 1. The van der Waals surface area contributed by atoms with E-state index in [2.05, 4.69) is 10.2 Å². The number of nitrogens with zero attached hydrogens (tertiary/aromatic N) is 2. The van der Waals surface area contributed by atoms with E-state index in [0.717, 1.165) is 39.1 Å². The van der Waals surface area contributed by atoms with Gasteiger partial charge in [0.05, 0.1) is 5.41 Å². The molecule has 2 N–H and O–H groups in total. The lowest BCUT2D eigenvalue weighted by Crippen LogP contribution is -2.51. The summed E-state index contributed by atoms with van der Waals surface area (Å²) in [6.07, 6.45) is 2.29. The first kappa shape index (κ1) is 21.2. The normalized spacial score (nSPS) is 25.1. The molecule has 1 amide bonds. The van der Waals surface area contributed by atoms with Crippen LogP contribution in [0.25, 0.3) is 0 Å². The van der Waals surface area contributed by atoms with Gasteiger partial charge in [-0.2, -0.15) is 0 Å². The summed E-state index contributed by atoms with van der Waals surface area (Å²) in [4.78, 5) is 28.3. The lowest BCUT2D eigenvalue weighted by atomic mass is 9.77.